The fraction of sp³-hybridized carbons (Fsp3) is 0.500. The molecule has 0 aromatic carbocycles. The van der Waals surface area contributed by atoms with Crippen LogP contribution in [0.15, 0.2) is 16.9 Å². The van der Waals surface area contributed by atoms with Crippen LogP contribution < -0.4 is 5.56 Å². The summed E-state index contributed by atoms with van der Waals surface area (Å²) in [6.45, 7) is 4.25. The summed E-state index contributed by atoms with van der Waals surface area (Å²) in [6.07, 6.45) is 6.00. The molecule has 0 aliphatic heterocycles. The summed E-state index contributed by atoms with van der Waals surface area (Å²) in [4.78, 5) is 14.5. The zero-order valence-electron chi connectivity index (χ0n) is 10.6. The number of aryl methyl sites for hydroxylation is 1. The summed E-state index contributed by atoms with van der Waals surface area (Å²) in [5.74, 6) is 0.425. The number of rotatable bonds is 2. The van der Waals surface area contributed by atoms with Gasteiger partial charge in [-0.3, -0.25) is 4.79 Å². The highest BCUT2D eigenvalue weighted by Crippen LogP contribution is 2.34. The van der Waals surface area contributed by atoms with E-state index < -0.39 is 0 Å². The van der Waals surface area contributed by atoms with E-state index >= 15 is 0 Å². The number of nitrogens with one attached hydrogen (secondary N) is 1. The molecule has 1 aliphatic rings. The van der Waals surface area contributed by atoms with Crippen LogP contribution in [-0.4, -0.2) is 12.1 Å². The third-order valence-electron chi connectivity index (χ3n) is 3.43. The van der Waals surface area contributed by atoms with Gasteiger partial charge in [-0.2, -0.15) is 0 Å². The van der Waals surface area contributed by atoms with E-state index in [-0.39, 0.29) is 11.7 Å². The third-order valence-corrected chi connectivity index (χ3v) is 3.43. The molecule has 1 N–H and O–H groups in total. The van der Waals surface area contributed by atoms with E-state index in [1.54, 1.807) is 13.2 Å². The highest BCUT2D eigenvalue weighted by atomic mass is 16.5. The lowest BCUT2D eigenvalue weighted by Gasteiger charge is -2.24. The first-order valence-electron chi connectivity index (χ1n) is 6.12. The largest absolute Gasteiger partial charge is 0.376 e. The SMILES string of the molecule is CCc1cc(=O)[nH]c2c1C(OC)C(C)CC=C2. The van der Waals surface area contributed by atoms with Crippen molar-refractivity contribution in [2.75, 3.05) is 7.11 Å². The lowest BCUT2D eigenvalue weighted by molar-refractivity contribution is 0.0585. The summed E-state index contributed by atoms with van der Waals surface area (Å²) in [5.41, 5.74) is 3.12. The zero-order valence-corrected chi connectivity index (χ0v) is 10.6. The van der Waals surface area contributed by atoms with Crippen molar-refractivity contribution in [2.24, 2.45) is 5.92 Å². The van der Waals surface area contributed by atoms with Crippen molar-refractivity contribution in [3.05, 3.63) is 39.3 Å². The molecule has 2 atom stereocenters. The molecule has 0 radical (unpaired) electrons. The second-order valence-corrected chi connectivity index (χ2v) is 4.61. The van der Waals surface area contributed by atoms with Crippen LogP contribution in [0.5, 0.6) is 0 Å². The molecule has 1 heterocycles. The molecule has 0 saturated heterocycles. The molecule has 3 nitrogen and oxygen atoms in total. The van der Waals surface area contributed by atoms with Gasteiger partial charge in [-0.15, -0.1) is 0 Å². The molecule has 0 bridgehead atoms. The van der Waals surface area contributed by atoms with Gasteiger partial charge >= 0.3 is 0 Å². The fourth-order valence-electron chi connectivity index (χ4n) is 2.56. The lowest BCUT2D eigenvalue weighted by Crippen LogP contribution is -2.18. The van der Waals surface area contributed by atoms with Crippen molar-refractivity contribution >= 4 is 6.08 Å². The van der Waals surface area contributed by atoms with Crippen molar-refractivity contribution in [1.29, 1.82) is 0 Å². The molecule has 1 aliphatic carbocycles. The molecule has 1 aromatic heterocycles. The number of H-pyrrole nitrogens is 1. The Bertz CT molecular complexity index is 487. The van der Waals surface area contributed by atoms with Crippen LogP contribution in [0.2, 0.25) is 0 Å². The van der Waals surface area contributed by atoms with E-state index in [2.05, 4.69) is 24.9 Å². The van der Waals surface area contributed by atoms with Crippen molar-refractivity contribution in [3.8, 4) is 0 Å². The highest BCUT2D eigenvalue weighted by molar-refractivity contribution is 5.54. The van der Waals surface area contributed by atoms with Crippen LogP contribution in [-0.2, 0) is 11.2 Å². The Kier molecular flexibility index (Phi) is 3.48. The molecule has 2 rings (SSSR count). The van der Waals surface area contributed by atoms with E-state index in [4.69, 9.17) is 4.74 Å². The van der Waals surface area contributed by atoms with Gasteiger partial charge in [0.25, 0.3) is 0 Å². The summed E-state index contributed by atoms with van der Waals surface area (Å²) < 4.78 is 5.63. The van der Waals surface area contributed by atoms with E-state index in [9.17, 15) is 4.79 Å². The van der Waals surface area contributed by atoms with Gasteiger partial charge in [0.05, 0.1) is 6.10 Å². The summed E-state index contributed by atoms with van der Waals surface area (Å²) in [7, 11) is 1.74. The predicted molar refractivity (Wildman–Crippen MR) is 69.0 cm³/mol. The number of allylic oxidation sites excluding steroid dienone is 1. The van der Waals surface area contributed by atoms with Gasteiger partial charge in [-0.25, -0.2) is 0 Å². The van der Waals surface area contributed by atoms with Gasteiger partial charge < -0.3 is 9.72 Å². The normalized spacial score (nSPS) is 23.2. The third kappa shape index (κ3) is 2.20. The Morgan fingerprint density at radius 2 is 2.29 bits per heavy atom. The number of fused-ring (bicyclic) bond motifs is 1. The topological polar surface area (TPSA) is 42.1 Å². The van der Waals surface area contributed by atoms with Gasteiger partial charge in [0.15, 0.2) is 0 Å². The van der Waals surface area contributed by atoms with E-state index in [1.165, 1.54) is 0 Å². The van der Waals surface area contributed by atoms with Crippen LogP contribution in [0, 0.1) is 5.92 Å². The zero-order chi connectivity index (χ0) is 12.4. The number of hydrogen-bond acceptors (Lipinski definition) is 2. The Morgan fingerprint density at radius 1 is 1.53 bits per heavy atom. The quantitative estimate of drug-likeness (QED) is 0.853. The maximum absolute atomic E-state index is 11.6. The minimum Gasteiger partial charge on any atom is -0.376 e. The molecule has 0 fully saturated rings. The van der Waals surface area contributed by atoms with Crippen LogP contribution in [0.25, 0.3) is 6.08 Å². The summed E-state index contributed by atoms with van der Waals surface area (Å²) in [6, 6.07) is 1.69. The smallest absolute Gasteiger partial charge is 0.248 e. The molecule has 0 amide bonds. The molecular weight excluding hydrogens is 214 g/mol. The number of hydrogen-bond donors (Lipinski definition) is 1. The maximum atomic E-state index is 11.6. The minimum atomic E-state index is -0.0327. The summed E-state index contributed by atoms with van der Waals surface area (Å²) in [5, 5.41) is 0. The number of aromatic amines is 1. The molecule has 3 heteroatoms. The molecule has 0 saturated carbocycles. The molecule has 2 unspecified atom stereocenters. The number of pyridine rings is 1. The first-order valence-corrected chi connectivity index (χ1v) is 6.12. The monoisotopic (exact) mass is 233 g/mol. The van der Waals surface area contributed by atoms with Crippen molar-refractivity contribution in [3.63, 3.8) is 0 Å². The predicted octanol–water partition coefficient (Wildman–Crippen LogP) is 2.68. The molecule has 1 aromatic rings. The van der Waals surface area contributed by atoms with Gasteiger partial charge in [0.1, 0.15) is 0 Å². The fourth-order valence-corrected chi connectivity index (χ4v) is 2.56. The van der Waals surface area contributed by atoms with Crippen LogP contribution in [0.4, 0.5) is 0 Å². The average molecular weight is 233 g/mol. The van der Waals surface area contributed by atoms with Crippen molar-refractivity contribution in [1.82, 2.24) is 4.98 Å². The number of methoxy groups -OCH3 is 1. The van der Waals surface area contributed by atoms with E-state index in [0.717, 1.165) is 29.7 Å². The van der Waals surface area contributed by atoms with E-state index in [0.29, 0.717) is 5.92 Å². The van der Waals surface area contributed by atoms with Crippen LogP contribution in [0.3, 0.4) is 0 Å². The van der Waals surface area contributed by atoms with Crippen molar-refractivity contribution in [2.45, 2.75) is 32.8 Å². The Labute approximate surface area is 102 Å². The summed E-state index contributed by atoms with van der Waals surface area (Å²) >= 11 is 0. The molecule has 17 heavy (non-hydrogen) atoms. The second-order valence-electron chi connectivity index (χ2n) is 4.61. The Morgan fingerprint density at radius 3 is 2.94 bits per heavy atom. The van der Waals surface area contributed by atoms with Gasteiger partial charge in [-0.1, -0.05) is 19.9 Å². The van der Waals surface area contributed by atoms with Crippen LogP contribution >= 0.6 is 0 Å². The first-order chi connectivity index (χ1) is 8.17. The molecule has 92 valence electrons. The Hall–Kier alpha value is -1.35. The van der Waals surface area contributed by atoms with Crippen molar-refractivity contribution < 1.29 is 4.74 Å². The van der Waals surface area contributed by atoms with Gasteiger partial charge in [-0.05, 0) is 30.4 Å². The second kappa shape index (κ2) is 4.88. The number of aromatic nitrogens is 1. The van der Waals surface area contributed by atoms with Crippen LogP contribution in [0.1, 0.15) is 43.2 Å². The lowest BCUT2D eigenvalue weighted by atomic mass is 9.91. The Balaban J connectivity index is 2.66. The molecular formula is C14H19NO2. The van der Waals surface area contributed by atoms with Gasteiger partial charge in [0.2, 0.25) is 5.56 Å². The standard InChI is InChI=1S/C14H19NO2/c1-4-10-8-12(16)15-11-7-5-6-9(2)14(17-3)13(10)11/h5,7-9,14H,4,6H2,1-3H3,(H,15,16). The molecule has 0 spiro atoms. The highest BCUT2D eigenvalue weighted by Gasteiger charge is 2.25. The number of ether oxygens (including phenoxy) is 1. The maximum Gasteiger partial charge on any atom is 0.248 e. The van der Waals surface area contributed by atoms with E-state index in [1.807, 2.05) is 6.08 Å². The minimum absolute atomic E-state index is 0.0327. The first kappa shape index (κ1) is 12.1. The van der Waals surface area contributed by atoms with Gasteiger partial charge in [0, 0.05) is 24.4 Å². The average Bonchev–Trinajstić information content (AvgIpc) is 2.46.